The number of rotatable bonds is 3. The molecule has 2 heterocycles. The second kappa shape index (κ2) is 5.27. The van der Waals surface area contributed by atoms with Gasteiger partial charge in [0, 0.05) is 10.9 Å². The van der Waals surface area contributed by atoms with Crippen molar-refractivity contribution >= 4 is 22.1 Å². The van der Waals surface area contributed by atoms with E-state index in [-0.39, 0.29) is 12.2 Å². The predicted octanol–water partition coefficient (Wildman–Crippen LogP) is 1.58. The second-order valence-corrected chi connectivity index (χ2v) is 5.71. The molecule has 112 valence electrons. The maximum Gasteiger partial charge on any atom is 0.353 e. The van der Waals surface area contributed by atoms with Gasteiger partial charge in [0.25, 0.3) is 5.56 Å². The van der Waals surface area contributed by atoms with Crippen LogP contribution in [0.1, 0.15) is 21.6 Å². The Kier molecular flexibility index (Phi) is 3.42. The van der Waals surface area contributed by atoms with Crippen LogP contribution in [0.25, 0.3) is 4.83 Å². The van der Waals surface area contributed by atoms with Crippen LogP contribution in [0.4, 0.5) is 0 Å². The number of benzene rings is 1. The lowest BCUT2D eigenvalue weighted by molar-refractivity contribution is 0.0689. The van der Waals surface area contributed by atoms with Crippen molar-refractivity contribution in [2.24, 2.45) is 0 Å². The van der Waals surface area contributed by atoms with Gasteiger partial charge in [-0.2, -0.15) is 0 Å². The van der Waals surface area contributed by atoms with Gasteiger partial charge in [0.05, 0.1) is 6.54 Å². The van der Waals surface area contributed by atoms with E-state index < -0.39 is 17.2 Å². The van der Waals surface area contributed by atoms with Crippen molar-refractivity contribution in [3.8, 4) is 0 Å². The SMILES string of the molecule is Cc1c(=O)n(Cc2ccccc2)c(=O)n2c(C(=O)O)csc12. The molecule has 1 N–H and O–H groups in total. The van der Waals surface area contributed by atoms with Crippen molar-refractivity contribution in [3.05, 3.63) is 73.4 Å². The molecule has 0 unspecified atom stereocenters. The van der Waals surface area contributed by atoms with Crippen LogP contribution < -0.4 is 11.2 Å². The number of thiazole rings is 1. The first-order valence-electron chi connectivity index (χ1n) is 6.51. The molecule has 0 aliphatic rings. The first kappa shape index (κ1) is 14.3. The molecule has 0 spiro atoms. The number of aromatic carboxylic acids is 1. The molecule has 2 aromatic heterocycles. The zero-order valence-electron chi connectivity index (χ0n) is 11.6. The lowest BCUT2D eigenvalue weighted by atomic mass is 10.2. The van der Waals surface area contributed by atoms with Crippen molar-refractivity contribution in [2.75, 3.05) is 0 Å². The van der Waals surface area contributed by atoms with E-state index in [4.69, 9.17) is 0 Å². The minimum Gasteiger partial charge on any atom is -0.477 e. The predicted molar refractivity (Wildman–Crippen MR) is 83.0 cm³/mol. The largest absolute Gasteiger partial charge is 0.477 e. The highest BCUT2D eigenvalue weighted by molar-refractivity contribution is 7.16. The van der Waals surface area contributed by atoms with Gasteiger partial charge in [0.1, 0.15) is 10.5 Å². The van der Waals surface area contributed by atoms with Crippen LogP contribution in [0.5, 0.6) is 0 Å². The molecule has 1 aromatic carbocycles. The molecule has 0 radical (unpaired) electrons. The molecule has 0 bridgehead atoms. The summed E-state index contributed by atoms with van der Waals surface area (Å²) in [7, 11) is 0. The highest BCUT2D eigenvalue weighted by Gasteiger charge is 2.18. The second-order valence-electron chi connectivity index (χ2n) is 4.85. The fourth-order valence-electron chi connectivity index (χ4n) is 2.33. The molecule has 0 aliphatic heterocycles. The van der Waals surface area contributed by atoms with E-state index in [0.717, 1.165) is 25.9 Å². The number of hydrogen-bond acceptors (Lipinski definition) is 4. The van der Waals surface area contributed by atoms with Crippen LogP contribution in [0.2, 0.25) is 0 Å². The number of carbonyl (C=O) groups is 1. The summed E-state index contributed by atoms with van der Waals surface area (Å²) >= 11 is 1.08. The van der Waals surface area contributed by atoms with Crippen molar-refractivity contribution in [2.45, 2.75) is 13.5 Å². The summed E-state index contributed by atoms with van der Waals surface area (Å²) in [6, 6.07) is 9.09. The van der Waals surface area contributed by atoms with Gasteiger partial charge in [0.2, 0.25) is 0 Å². The molecule has 0 fully saturated rings. The Balaban J connectivity index is 2.31. The highest BCUT2D eigenvalue weighted by Crippen LogP contribution is 2.16. The van der Waals surface area contributed by atoms with Crippen molar-refractivity contribution in [3.63, 3.8) is 0 Å². The van der Waals surface area contributed by atoms with Gasteiger partial charge in [0.15, 0.2) is 0 Å². The number of aromatic nitrogens is 2. The van der Waals surface area contributed by atoms with Gasteiger partial charge in [-0.1, -0.05) is 30.3 Å². The minimum absolute atomic E-state index is 0.108. The summed E-state index contributed by atoms with van der Waals surface area (Å²) in [5.74, 6) is -1.20. The molecule has 0 saturated carbocycles. The van der Waals surface area contributed by atoms with E-state index in [1.54, 1.807) is 6.92 Å². The Morgan fingerprint density at radius 1 is 1.23 bits per heavy atom. The molecule has 3 aromatic rings. The average molecular weight is 316 g/mol. The molecule has 3 rings (SSSR count). The van der Waals surface area contributed by atoms with Crippen LogP contribution in [-0.4, -0.2) is 20.0 Å². The minimum atomic E-state index is -1.20. The third-order valence-corrected chi connectivity index (χ3v) is 4.49. The van der Waals surface area contributed by atoms with E-state index in [1.807, 2.05) is 30.3 Å². The van der Waals surface area contributed by atoms with Crippen molar-refractivity contribution < 1.29 is 9.90 Å². The number of nitrogens with zero attached hydrogens (tertiary/aromatic N) is 2. The van der Waals surface area contributed by atoms with Gasteiger partial charge >= 0.3 is 11.7 Å². The molecule has 0 amide bonds. The molecule has 0 saturated heterocycles. The smallest absolute Gasteiger partial charge is 0.353 e. The van der Waals surface area contributed by atoms with E-state index in [1.165, 1.54) is 5.38 Å². The van der Waals surface area contributed by atoms with Crippen molar-refractivity contribution in [1.82, 2.24) is 8.97 Å². The fourth-order valence-corrected chi connectivity index (χ4v) is 3.30. The number of hydrogen-bond donors (Lipinski definition) is 1. The maximum absolute atomic E-state index is 12.6. The van der Waals surface area contributed by atoms with E-state index in [0.29, 0.717) is 10.4 Å². The third kappa shape index (κ3) is 2.15. The molecule has 22 heavy (non-hydrogen) atoms. The van der Waals surface area contributed by atoms with Gasteiger partial charge in [-0.15, -0.1) is 11.3 Å². The lowest BCUT2D eigenvalue weighted by Gasteiger charge is -2.08. The Hall–Kier alpha value is -2.67. The van der Waals surface area contributed by atoms with Gasteiger partial charge in [-0.3, -0.25) is 9.36 Å². The molecule has 7 heteroatoms. The van der Waals surface area contributed by atoms with Gasteiger partial charge in [-0.25, -0.2) is 14.0 Å². The van der Waals surface area contributed by atoms with Crippen LogP contribution >= 0.6 is 11.3 Å². The first-order chi connectivity index (χ1) is 10.5. The molecule has 6 nitrogen and oxygen atoms in total. The first-order valence-corrected chi connectivity index (χ1v) is 7.39. The summed E-state index contributed by atoms with van der Waals surface area (Å²) in [5, 5.41) is 10.6. The quantitative estimate of drug-likeness (QED) is 0.795. The Bertz CT molecular complexity index is 982. The number of carboxylic acids is 1. The molecule has 0 aliphatic carbocycles. The Labute approximate surface area is 128 Å². The standard InChI is InChI=1S/C15H12N2O4S/c1-9-12(18)16(7-10-5-3-2-4-6-10)15(21)17-11(14(19)20)8-22-13(9)17/h2-6,8H,7H2,1H3,(H,19,20). The van der Waals surface area contributed by atoms with Crippen LogP contribution in [-0.2, 0) is 6.54 Å². The maximum atomic E-state index is 12.6. The lowest BCUT2D eigenvalue weighted by Crippen LogP contribution is -2.39. The summed E-state index contributed by atoms with van der Waals surface area (Å²) in [6.45, 7) is 1.71. The van der Waals surface area contributed by atoms with E-state index in [2.05, 4.69) is 0 Å². The summed E-state index contributed by atoms with van der Waals surface area (Å²) in [6.07, 6.45) is 0. The van der Waals surface area contributed by atoms with Crippen LogP contribution in [0, 0.1) is 6.92 Å². The van der Waals surface area contributed by atoms with Gasteiger partial charge in [-0.05, 0) is 12.5 Å². The van der Waals surface area contributed by atoms with Crippen molar-refractivity contribution in [1.29, 1.82) is 0 Å². The van der Waals surface area contributed by atoms with Gasteiger partial charge < -0.3 is 5.11 Å². The molecule has 0 atom stereocenters. The zero-order valence-corrected chi connectivity index (χ0v) is 12.5. The summed E-state index contributed by atoms with van der Waals surface area (Å²) in [4.78, 5) is 36.6. The fraction of sp³-hybridized carbons (Fsp3) is 0.133. The van der Waals surface area contributed by atoms with Crippen LogP contribution in [0.15, 0.2) is 45.3 Å². The Morgan fingerprint density at radius 2 is 1.91 bits per heavy atom. The Morgan fingerprint density at radius 3 is 2.55 bits per heavy atom. The molecular formula is C15H12N2O4S. The normalized spacial score (nSPS) is 11.0. The van der Waals surface area contributed by atoms with E-state index in [9.17, 15) is 19.5 Å². The number of carboxylic acid groups (broad SMARTS) is 1. The van der Waals surface area contributed by atoms with Crippen LogP contribution in [0.3, 0.4) is 0 Å². The highest BCUT2D eigenvalue weighted by atomic mass is 32.1. The summed E-state index contributed by atoms with van der Waals surface area (Å²) in [5.41, 5.74) is 0.0110. The average Bonchev–Trinajstić information content (AvgIpc) is 2.96. The summed E-state index contributed by atoms with van der Waals surface area (Å²) < 4.78 is 2.16. The monoisotopic (exact) mass is 316 g/mol. The zero-order chi connectivity index (χ0) is 15.9. The van der Waals surface area contributed by atoms with E-state index >= 15 is 0 Å². The number of aryl methyl sites for hydroxylation is 1. The topological polar surface area (TPSA) is 80.8 Å². The third-order valence-electron chi connectivity index (χ3n) is 3.44. The molecular weight excluding hydrogens is 304 g/mol. The number of fused-ring (bicyclic) bond motifs is 1.